The highest BCUT2D eigenvalue weighted by molar-refractivity contribution is 5.78. The highest BCUT2D eigenvalue weighted by Gasteiger charge is 2.32. The van der Waals surface area contributed by atoms with Gasteiger partial charge in [0.25, 0.3) is 5.56 Å². The van der Waals surface area contributed by atoms with Crippen LogP contribution in [-0.4, -0.2) is 79.9 Å². The zero-order valence-electron chi connectivity index (χ0n) is 24.7. The zero-order chi connectivity index (χ0) is 30.0. The van der Waals surface area contributed by atoms with Crippen LogP contribution in [0, 0.1) is 0 Å². The number of hydrogen-bond donors (Lipinski definition) is 0. The maximum atomic E-state index is 13.4. The van der Waals surface area contributed by atoms with Crippen LogP contribution < -0.4 is 15.0 Å². The Morgan fingerprint density at radius 2 is 1.81 bits per heavy atom. The second-order valence-corrected chi connectivity index (χ2v) is 11.8. The number of ether oxygens (including phenoxy) is 3. The fourth-order valence-electron chi connectivity index (χ4n) is 5.49. The van der Waals surface area contributed by atoms with E-state index in [2.05, 4.69) is 19.9 Å². The fourth-order valence-corrected chi connectivity index (χ4v) is 5.49. The number of fused-ring (bicyclic) bond motifs is 2. The van der Waals surface area contributed by atoms with Crippen molar-refractivity contribution in [1.82, 2.24) is 29.3 Å². The van der Waals surface area contributed by atoms with E-state index in [1.54, 1.807) is 40.2 Å². The Kier molecular flexibility index (Phi) is 8.02. The van der Waals surface area contributed by atoms with Crippen LogP contribution in [0.15, 0.2) is 58.3 Å². The molecule has 0 bridgehead atoms. The first-order chi connectivity index (χ1) is 20.7. The van der Waals surface area contributed by atoms with Crippen LogP contribution in [0.2, 0.25) is 0 Å². The van der Waals surface area contributed by atoms with Gasteiger partial charge in [0.15, 0.2) is 11.5 Å². The molecule has 2 aliphatic rings. The van der Waals surface area contributed by atoms with Crippen LogP contribution in [0.3, 0.4) is 0 Å². The Balaban J connectivity index is 1.13. The zero-order valence-corrected chi connectivity index (χ0v) is 24.7. The SMILES string of the molecule is CC(C)(C)OC(=O)N(Cc1cc2c(cn1)OCCO2)C1CCN(CCn2c(=O)ccc3ncc(-c4ncco4)cc32)CC1. The first-order valence-corrected chi connectivity index (χ1v) is 14.6. The molecular formula is C31H36N6O6. The third-order valence-corrected chi connectivity index (χ3v) is 7.60. The van der Waals surface area contributed by atoms with Crippen LogP contribution >= 0.6 is 0 Å². The molecule has 6 rings (SSSR count). The molecule has 6 heterocycles. The van der Waals surface area contributed by atoms with Crippen molar-refractivity contribution in [3.05, 3.63) is 65.2 Å². The summed E-state index contributed by atoms with van der Waals surface area (Å²) in [6.45, 7) is 9.63. The van der Waals surface area contributed by atoms with E-state index in [-0.39, 0.29) is 17.7 Å². The van der Waals surface area contributed by atoms with Gasteiger partial charge in [-0.25, -0.2) is 9.78 Å². The summed E-state index contributed by atoms with van der Waals surface area (Å²) in [5, 5.41) is 0. The molecule has 1 saturated heterocycles. The Morgan fingerprint density at radius 1 is 1.02 bits per heavy atom. The Morgan fingerprint density at radius 3 is 2.56 bits per heavy atom. The molecule has 0 radical (unpaired) electrons. The molecule has 4 aromatic rings. The maximum Gasteiger partial charge on any atom is 0.410 e. The number of carbonyl (C=O) groups excluding carboxylic acids is 1. The normalized spacial score (nSPS) is 15.9. The second kappa shape index (κ2) is 12.0. The van der Waals surface area contributed by atoms with Gasteiger partial charge in [-0.2, -0.15) is 0 Å². The van der Waals surface area contributed by atoms with Crippen molar-refractivity contribution in [3.63, 3.8) is 0 Å². The minimum absolute atomic E-state index is 0.0195. The Labute approximate surface area is 249 Å². The van der Waals surface area contributed by atoms with Crippen molar-refractivity contribution in [2.75, 3.05) is 32.8 Å². The molecule has 226 valence electrons. The summed E-state index contributed by atoms with van der Waals surface area (Å²) in [4.78, 5) is 43.6. The number of hydrogen-bond acceptors (Lipinski definition) is 10. The molecule has 0 unspecified atom stereocenters. The van der Waals surface area contributed by atoms with Gasteiger partial charge in [0, 0.05) is 50.6 Å². The molecule has 0 saturated carbocycles. The van der Waals surface area contributed by atoms with Gasteiger partial charge in [-0.3, -0.25) is 19.7 Å². The van der Waals surface area contributed by atoms with Gasteiger partial charge >= 0.3 is 6.09 Å². The highest BCUT2D eigenvalue weighted by atomic mass is 16.6. The van der Waals surface area contributed by atoms with Crippen LogP contribution in [0.5, 0.6) is 11.5 Å². The second-order valence-electron chi connectivity index (χ2n) is 11.8. The monoisotopic (exact) mass is 588 g/mol. The average Bonchev–Trinajstić information content (AvgIpc) is 3.54. The summed E-state index contributed by atoms with van der Waals surface area (Å²) in [6, 6.07) is 7.00. The Bertz CT molecular complexity index is 1640. The molecule has 43 heavy (non-hydrogen) atoms. The van der Waals surface area contributed by atoms with E-state index >= 15 is 0 Å². The predicted molar refractivity (Wildman–Crippen MR) is 158 cm³/mol. The minimum atomic E-state index is -0.621. The van der Waals surface area contributed by atoms with Gasteiger partial charge in [-0.1, -0.05) is 0 Å². The molecule has 12 nitrogen and oxygen atoms in total. The van der Waals surface area contributed by atoms with Crippen molar-refractivity contribution in [2.24, 2.45) is 0 Å². The lowest BCUT2D eigenvalue weighted by atomic mass is 10.0. The average molecular weight is 589 g/mol. The van der Waals surface area contributed by atoms with E-state index in [0.29, 0.717) is 61.5 Å². The molecule has 1 amide bonds. The molecule has 4 aromatic heterocycles. The summed E-state index contributed by atoms with van der Waals surface area (Å²) in [5.41, 5.74) is 2.19. The number of carbonyl (C=O) groups is 1. The van der Waals surface area contributed by atoms with Crippen molar-refractivity contribution in [2.45, 2.75) is 58.3 Å². The molecule has 12 heteroatoms. The quantitative estimate of drug-likeness (QED) is 0.311. The number of piperidine rings is 1. The third kappa shape index (κ3) is 6.64. The number of rotatable bonds is 7. The highest BCUT2D eigenvalue weighted by Crippen LogP contribution is 2.31. The van der Waals surface area contributed by atoms with Crippen molar-refractivity contribution >= 4 is 17.1 Å². The molecular weight excluding hydrogens is 552 g/mol. The topological polar surface area (TPSA) is 125 Å². The number of likely N-dealkylation sites (tertiary alicyclic amines) is 1. The fraction of sp³-hybridized carbons (Fsp3) is 0.452. The Hall–Kier alpha value is -4.45. The first kappa shape index (κ1) is 28.7. The predicted octanol–water partition coefficient (Wildman–Crippen LogP) is 4.12. The largest absolute Gasteiger partial charge is 0.486 e. The maximum absolute atomic E-state index is 13.4. The van der Waals surface area contributed by atoms with Crippen LogP contribution in [0.25, 0.3) is 22.5 Å². The van der Waals surface area contributed by atoms with Gasteiger partial charge in [-0.15, -0.1) is 0 Å². The smallest absolute Gasteiger partial charge is 0.410 e. The number of pyridine rings is 3. The van der Waals surface area contributed by atoms with E-state index in [0.717, 1.165) is 37.0 Å². The molecule has 0 aromatic carbocycles. The number of amides is 1. The lowest BCUT2D eigenvalue weighted by molar-refractivity contribution is 0.00529. The summed E-state index contributed by atoms with van der Waals surface area (Å²) in [6.07, 6.45) is 7.62. The molecule has 1 fully saturated rings. The van der Waals surface area contributed by atoms with E-state index in [1.165, 1.54) is 6.26 Å². The molecule has 0 atom stereocenters. The van der Waals surface area contributed by atoms with E-state index < -0.39 is 5.60 Å². The lowest BCUT2D eigenvalue weighted by Gasteiger charge is -2.39. The summed E-state index contributed by atoms with van der Waals surface area (Å²) in [7, 11) is 0. The van der Waals surface area contributed by atoms with Crippen molar-refractivity contribution in [3.8, 4) is 23.0 Å². The van der Waals surface area contributed by atoms with Crippen LogP contribution in [0.4, 0.5) is 4.79 Å². The van der Waals surface area contributed by atoms with Crippen LogP contribution in [-0.2, 0) is 17.8 Å². The first-order valence-electron chi connectivity index (χ1n) is 14.6. The number of aromatic nitrogens is 4. The van der Waals surface area contributed by atoms with Crippen LogP contribution in [0.1, 0.15) is 39.3 Å². The van der Waals surface area contributed by atoms with Gasteiger partial charge < -0.3 is 28.1 Å². The summed E-state index contributed by atoms with van der Waals surface area (Å²) >= 11 is 0. The van der Waals surface area contributed by atoms with Gasteiger partial charge in [0.05, 0.1) is 41.2 Å². The molecule has 0 spiro atoms. The van der Waals surface area contributed by atoms with E-state index in [1.807, 2.05) is 32.9 Å². The minimum Gasteiger partial charge on any atom is -0.486 e. The van der Waals surface area contributed by atoms with E-state index in [9.17, 15) is 9.59 Å². The van der Waals surface area contributed by atoms with Gasteiger partial charge in [0.1, 0.15) is 25.1 Å². The number of nitrogens with zero attached hydrogens (tertiary/aromatic N) is 6. The van der Waals surface area contributed by atoms with Crippen molar-refractivity contribution < 1.29 is 23.4 Å². The molecule has 0 aliphatic carbocycles. The third-order valence-electron chi connectivity index (χ3n) is 7.60. The molecule has 2 aliphatic heterocycles. The molecule has 0 N–H and O–H groups in total. The summed E-state index contributed by atoms with van der Waals surface area (Å²) in [5.74, 6) is 1.71. The standard InChI is InChI=1S/C31H36N6O6/c1-31(2,3)43-30(39)37(20-22-17-26-27(19-33-22)41-15-14-40-26)23-6-9-35(10-7-23)11-12-36-25-16-21(29-32-8-13-42-29)18-34-24(25)4-5-28(36)38/h4-5,8,13,16-19,23H,6-7,9-12,14-15,20H2,1-3H3. The lowest BCUT2D eigenvalue weighted by Crippen LogP contribution is -2.49. The van der Waals surface area contributed by atoms with Crippen molar-refractivity contribution in [1.29, 1.82) is 0 Å². The van der Waals surface area contributed by atoms with E-state index in [4.69, 9.17) is 18.6 Å². The van der Waals surface area contributed by atoms with Gasteiger partial charge in [-0.05, 0) is 45.7 Å². The summed E-state index contributed by atoms with van der Waals surface area (Å²) < 4.78 is 24.3. The van der Waals surface area contributed by atoms with Gasteiger partial charge in [0.2, 0.25) is 5.89 Å². The number of oxazole rings is 1.